The van der Waals surface area contributed by atoms with Crippen molar-refractivity contribution in [3.63, 3.8) is 0 Å². The van der Waals surface area contributed by atoms with E-state index in [1.165, 1.54) is 15.1 Å². The minimum atomic E-state index is 0.134. The number of thioether (sulfide) groups is 1. The first-order chi connectivity index (χ1) is 11.3. The summed E-state index contributed by atoms with van der Waals surface area (Å²) >= 11 is 1.79. The van der Waals surface area contributed by atoms with E-state index in [-0.39, 0.29) is 6.04 Å². The summed E-state index contributed by atoms with van der Waals surface area (Å²) < 4.78 is 6.47. The fourth-order valence-corrected chi connectivity index (χ4v) is 2.94. The molecule has 23 heavy (non-hydrogen) atoms. The Morgan fingerprint density at radius 1 is 1.22 bits per heavy atom. The van der Waals surface area contributed by atoms with Gasteiger partial charge in [-0.2, -0.15) is 0 Å². The summed E-state index contributed by atoms with van der Waals surface area (Å²) in [5, 5.41) is 18.9. The zero-order chi connectivity index (χ0) is 16.1. The highest BCUT2D eigenvalue weighted by atomic mass is 32.2. The Hall–Kier alpha value is -2.19. The largest absolute Gasteiger partial charge is 0.384 e. The van der Waals surface area contributed by atoms with Gasteiger partial charge in [0, 0.05) is 23.8 Å². The summed E-state index contributed by atoms with van der Waals surface area (Å²) in [7, 11) is 1.72. The lowest BCUT2D eigenvalue weighted by Gasteiger charge is -2.15. The number of fused-ring (bicyclic) bond motifs is 1. The first kappa shape index (κ1) is 15.7. The van der Waals surface area contributed by atoms with E-state index in [4.69, 9.17) is 4.74 Å². The molecule has 0 spiro atoms. The number of hydrogen-bond donors (Lipinski definition) is 1. The van der Waals surface area contributed by atoms with Crippen molar-refractivity contribution in [1.29, 1.82) is 0 Å². The summed E-state index contributed by atoms with van der Waals surface area (Å²) in [6.07, 6.45) is 0. The van der Waals surface area contributed by atoms with Crippen LogP contribution in [0.4, 0.5) is 5.82 Å². The molecule has 0 radical (unpaired) electrons. The van der Waals surface area contributed by atoms with Crippen LogP contribution in [0.1, 0.15) is 18.5 Å². The maximum atomic E-state index is 5.06. The first-order valence-corrected chi connectivity index (χ1v) is 8.28. The van der Waals surface area contributed by atoms with E-state index in [2.05, 4.69) is 57.1 Å². The summed E-state index contributed by atoms with van der Waals surface area (Å²) in [5.74, 6) is 1.69. The highest BCUT2D eigenvalue weighted by Crippen LogP contribution is 2.22. The molecule has 0 aliphatic carbocycles. The fraction of sp³-hybridized carbons (Fsp3) is 0.333. The zero-order valence-electron chi connectivity index (χ0n) is 13.0. The van der Waals surface area contributed by atoms with Crippen LogP contribution < -0.4 is 5.32 Å². The van der Waals surface area contributed by atoms with E-state index >= 15 is 0 Å². The molecular weight excluding hydrogens is 312 g/mol. The third kappa shape index (κ3) is 3.96. The lowest BCUT2D eigenvalue weighted by atomic mass is 10.1. The predicted molar refractivity (Wildman–Crippen MR) is 89.7 cm³/mol. The minimum Gasteiger partial charge on any atom is -0.384 e. The molecule has 0 fully saturated rings. The number of tetrazole rings is 1. The highest BCUT2D eigenvalue weighted by molar-refractivity contribution is 7.99. The van der Waals surface area contributed by atoms with Crippen LogP contribution in [-0.4, -0.2) is 44.7 Å². The second-order valence-electron chi connectivity index (χ2n) is 5.02. The minimum absolute atomic E-state index is 0.134. The van der Waals surface area contributed by atoms with Gasteiger partial charge in [0.25, 0.3) is 0 Å². The van der Waals surface area contributed by atoms with Gasteiger partial charge in [-0.15, -0.1) is 26.6 Å². The Balaban J connectivity index is 1.63. The van der Waals surface area contributed by atoms with Crippen molar-refractivity contribution >= 4 is 23.2 Å². The van der Waals surface area contributed by atoms with E-state index in [0.717, 1.165) is 18.2 Å². The monoisotopic (exact) mass is 330 g/mol. The Kier molecular flexibility index (Phi) is 5.04. The van der Waals surface area contributed by atoms with Gasteiger partial charge in [-0.3, -0.25) is 0 Å². The number of nitrogens with one attached hydrogen (secondary N) is 1. The molecule has 0 saturated carbocycles. The Labute approximate surface area is 138 Å². The molecule has 3 rings (SSSR count). The molecule has 120 valence electrons. The summed E-state index contributed by atoms with van der Waals surface area (Å²) in [4.78, 5) is 1.24. The lowest BCUT2D eigenvalue weighted by Crippen LogP contribution is -2.09. The molecule has 1 aromatic carbocycles. The molecule has 2 aromatic heterocycles. The van der Waals surface area contributed by atoms with Crippen molar-refractivity contribution in [2.24, 2.45) is 0 Å². The van der Waals surface area contributed by atoms with E-state index in [9.17, 15) is 0 Å². The van der Waals surface area contributed by atoms with Gasteiger partial charge in [0.1, 0.15) is 5.82 Å². The van der Waals surface area contributed by atoms with Crippen LogP contribution in [0.2, 0.25) is 0 Å². The van der Waals surface area contributed by atoms with Crippen LogP contribution in [-0.2, 0) is 4.74 Å². The van der Waals surface area contributed by atoms with Crippen molar-refractivity contribution < 1.29 is 4.74 Å². The molecular formula is C15H18N6OS. The van der Waals surface area contributed by atoms with Crippen molar-refractivity contribution in [1.82, 2.24) is 25.3 Å². The predicted octanol–water partition coefficient (Wildman–Crippen LogP) is 2.43. The van der Waals surface area contributed by atoms with Crippen molar-refractivity contribution in [2.45, 2.75) is 17.9 Å². The van der Waals surface area contributed by atoms with Gasteiger partial charge in [0.05, 0.1) is 6.61 Å². The molecule has 2 heterocycles. The molecule has 0 aliphatic rings. The molecule has 0 aliphatic heterocycles. The second-order valence-corrected chi connectivity index (χ2v) is 6.19. The molecule has 3 aromatic rings. The standard InChI is InChI=1S/C15H18N6OS/c1-11(12-3-5-13(6-4-12)23-10-9-22-2)16-14-7-8-15-17-19-20-21(15)18-14/h3-8,11H,9-10H2,1-2H3,(H,16,18)/t11-/m1/s1. The maximum absolute atomic E-state index is 5.06. The fourth-order valence-electron chi connectivity index (χ4n) is 2.13. The van der Waals surface area contributed by atoms with Gasteiger partial charge in [-0.1, -0.05) is 12.1 Å². The van der Waals surface area contributed by atoms with Crippen molar-refractivity contribution in [2.75, 3.05) is 24.8 Å². The van der Waals surface area contributed by atoms with Gasteiger partial charge in [-0.25, -0.2) is 0 Å². The van der Waals surface area contributed by atoms with Crippen LogP contribution in [0.15, 0.2) is 41.3 Å². The van der Waals surface area contributed by atoms with Crippen LogP contribution in [0.25, 0.3) is 5.65 Å². The van der Waals surface area contributed by atoms with Crippen LogP contribution in [0.3, 0.4) is 0 Å². The van der Waals surface area contributed by atoms with E-state index in [1.807, 2.05) is 12.1 Å². The second kappa shape index (κ2) is 7.38. The molecule has 7 nitrogen and oxygen atoms in total. The number of hydrogen-bond acceptors (Lipinski definition) is 7. The average Bonchev–Trinajstić information content (AvgIpc) is 3.03. The first-order valence-electron chi connectivity index (χ1n) is 7.30. The Morgan fingerprint density at radius 3 is 2.83 bits per heavy atom. The van der Waals surface area contributed by atoms with Gasteiger partial charge in [-0.05, 0) is 47.2 Å². The zero-order valence-corrected chi connectivity index (χ0v) is 13.8. The molecule has 0 unspecified atom stereocenters. The van der Waals surface area contributed by atoms with Gasteiger partial charge >= 0.3 is 0 Å². The normalized spacial score (nSPS) is 12.4. The van der Waals surface area contributed by atoms with Crippen LogP contribution >= 0.6 is 11.8 Å². The average molecular weight is 330 g/mol. The Bertz CT molecular complexity index is 760. The van der Waals surface area contributed by atoms with Crippen LogP contribution in [0.5, 0.6) is 0 Å². The molecule has 8 heteroatoms. The number of methoxy groups -OCH3 is 1. The molecule has 0 bridgehead atoms. The molecule has 0 saturated heterocycles. The lowest BCUT2D eigenvalue weighted by molar-refractivity contribution is 0.218. The topological polar surface area (TPSA) is 77.2 Å². The number of benzene rings is 1. The third-order valence-electron chi connectivity index (χ3n) is 3.37. The van der Waals surface area contributed by atoms with E-state index in [0.29, 0.717) is 5.65 Å². The summed E-state index contributed by atoms with van der Waals surface area (Å²) in [5.41, 5.74) is 1.82. The quantitative estimate of drug-likeness (QED) is 0.526. The molecule has 0 amide bonds. The van der Waals surface area contributed by atoms with Gasteiger partial charge in [0.2, 0.25) is 0 Å². The number of anilines is 1. The number of ether oxygens (including phenoxy) is 1. The van der Waals surface area contributed by atoms with E-state index < -0.39 is 0 Å². The van der Waals surface area contributed by atoms with Gasteiger partial charge in [0.15, 0.2) is 5.65 Å². The maximum Gasteiger partial charge on any atom is 0.200 e. The Morgan fingerprint density at radius 2 is 2.04 bits per heavy atom. The highest BCUT2D eigenvalue weighted by Gasteiger charge is 2.08. The van der Waals surface area contributed by atoms with Gasteiger partial charge < -0.3 is 10.1 Å². The molecule has 1 atom stereocenters. The summed E-state index contributed by atoms with van der Waals surface area (Å²) in [6.45, 7) is 2.86. The number of aromatic nitrogens is 5. The van der Waals surface area contributed by atoms with Crippen molar-refractivity contribution in [3.8, 4) is 0 Å². The molecule has 1 N–H and O–H groups in total. The third-order valence-corrected chi connectivity index (χ3v) is 4.35. The number of nitrogens with zero attached hydrogens (tertiary/aromatic N) is 5. The smallest absolute Gasteiger partial charge is 0.200 e. The number of rotatable bonds is 7. The van der Waals surface area contributed by atoms with E-state index in [1.54, 1.807) is 18.9 Å². The van der Waals surface area contributed by atoms with Crippen LogP contribution in [0, 0.1) is 0 Å². The summed E-state index contributed by atoms with van der Waals surface area (Å²) in [6, 6.07) is 12.4. The van der Waals surface area contributed by atoms with Crippen molar-refractivity contribution in [3.05, 3.63) is 42.0 Å². The SMILES string of the molecule is COCCSc1ccc([C@@H](C)Nc2ccc3nnnn3n2)cc1.